The lowest BCUT2D eigenvalue weighted by molar-refractivity contribution is 0.202. The minimum Gasteiger partial charge on any atom is -0.310 e. The Balaban J connectivity index is 1.95. The first kappa shape index (κ1) is 15.5. The van der Waals surface area contributed by atoms with E-state index in [1.165, 1.54) is 42.1 Å². The van der Waals surface area contributed by atoms with Crippen molar-refractivity contribution in [3.63, 3.8) is 0 Å². The summed E-state index contributed by atoms with van der Waals surface area (Å²) >= 11 is 7.16. The van der Waals surface area contributed by atoms with Crippen molar-refractivity contribution in [1.82, 2.24) is 5.32 Å². The van der Waals surface area contributed by atoms with Gasteiger partial charge in [-0.15, -0.1) is 0 Å². The van der Waals surface area contributed by atoms with E-state index >= 15 is 0 Å². The van der Waals surface area contributed by atoms with E-state index in [1.54, 1.807) is 0 Å². The third-order valence-electron chi connectivity index (χ3n) is 4.32. The lowest BCUT2D eigenvalue weighted by atomic mass is 9.75. The van der Waals surface area contributed by atoms with Crippen molar-refractivity contribution in [3.8, 4) is 0 Å². The highest BCUT2D eigenvalue weighted by atomic mass is 79.9. The predicted octanol–water partition coefficient (Wildman–Crippen LogP) is 5.83. The molecule has 1 fully saturated rings. The zero-order chi connectivity index (χ0) is 13.9. The number of hydrogen-bond donors (Lipinski definition) is 1. The third kappa shape index (κ3) is 4.30. The van der Waals surface area contributed by atoms with Crippen LogP contribution < -0.4 is 5.32 Å². The fourth-order valence-corrected chi connectivity index (χ4v) is 4.33. The summed E-state index contributed by atoms with van der Waals surface area (Å²) in [4.78, 5) is 0. The molecule has 1 aromatic rings. The highest BCUT2D eigenvalue weighted by Gasteiger charge is 2.27. The molecule has 1 saturated carbocycles. The van der Waals surface area contributed by atoms with Crippen LogP contribution in [-0.4, -0.2) is 6.54 Å². The summed E-state index contributed by atoms with van der Waals surface area (Å²) < 4.78 is 2.30. The van der Waals surface area contributed by atoms with Gasteiger partial charge in [-0.1, -0.05) is 64.1 Å². The molecule has 0 heterocycles. The maximum absolute atomic E-state index is 3.72. The smallest absolute Gasteiger partial charge is 0.0303 e. The molecule has 1 aliphatic carbocycles. The summed E-state index contributed by atoms with van der Waals surface area (Å²) in [5, 5.41) is 3.72. The summed E-state index contributed by atoms with van der Waals surface area (Å²) in [5.41, 5.74) is 1.83. The van der Waals surface area contributed by atoms with Crippen LogP contribution in [0, 0.1) is 5.41 Å². The van der Waals surface area contributed by atoms with E-state index in [2.05, 4.69) is 69.2 Å². The maximum Gasteiger partial charge on any atom is 0.0303 e. The Kier molecular flexibility index (Phi) is 5.50. The summed E-state index contributed by atoms with van der Waals surface area (Å²) in [5.74, 6) is 0. The van der Waals surface area contributed by atoms with E-state index in [0.717, 1.165) is 11.0 Å². The molecule has 0 bridgehead atoms. The zero-order valence-corrected chi connectivity index (χ0v) is 15.0. The lowest BCUT2D eigenvalue weighted by Gasteiger charge is -2.35. The van der Waals surface area contributed by atoms with Gasteiger partial charge in [0.15, 0.2) is 0 Å². The van der Waals surface area contributed by atoms with Gasteiger partial charge in [0.25, 0.3) is 0 Å². The van der Waals surface area contributed by atoms with Gasteiger partial charge in [0, 0.05) is 21.5 Å². The van der Waals surface area contributed by atoms with Crippen LogP contribution in [0.1, 0.15) is 57.6 Å². The molecule has 0 amide bonds. The molecule has 1 atom stereocenters. The standard InChI is InChI=1S/C16H23Br2N/c1-12(14-7-6-13(17)10-15(14)18)19-11-16(2)8-4-3-5-9-16/h6-7,10,12,19H,3-5,8-9,11H2,1-2H3. The molecule has 0 saturated heterocycles. The Hall–Kier alpha value is 0.140. The SMILES string of the molecule is CC(NCC1(C)CCCCC1)c1ccc(Br)cc1Br. The zero-order valence-electron chi connectivity index (χ0n) is 11.8. The van der Waals surface area contributed by atoms with Gasteiger partial charge in [-0.2, -0.15) is 0 Å². The van der Waals surface area contributed by atoms with E-state index in [0.29, 0.717) is 11.5 Å². The Bertz CT molecular complexity index is 425. The predicted molar refractivity (Wildman–Crippen MR) is 89.5 cm³/mol. The fourth-order valence-electron chi connectivity index (χ4n) is 2.94. The topological polar surface area (TPSA) is 12.0 Å². The van der Waals surface area contributed by atoms with E-state index in [-0.39, 0.29) is 0 Å². The molecule has 0 radical (unpaired) electrons. The summed E-state index contributed by atoms with van der Waals surface area (Å²) in [6, 6.07) is 6.81. The van der Waals surface area contributed by atoms with Crippen molar-refractivity contribution in [2.45, 2.75) is 52.0 Å². The number of benzene rings is 1. The summed E-state index contributed by atoms with van der Waals surface area (Å²) in [6.07, 6.45) is 6.95. The molecule has 1 nitrogen and oxygen atoms in total. The number of rotatable bonds is 4. The van der Waals surface area contributed by atoms with Crippen LogP contribution in [-0.2, 0) is 0 Å². The van der Waals surface area contributed by atoms with E-state index < -0.39 is 0 Å². The summed E-state index contributed by atoms with van der Waals surface area (Å²) in [6.45, 7) is 5.80. The normalized spacial score (nSPS) is 20.2. The highest BCUT2D eigenvalue weighted by molar-refractivity contribution is 9.11. The van der Waals surface area contributed by atoms with Crippen molar-refractivity contribution < 1.29 is 0 Å². The molecule has 3 heteroatoms. The van der Waals surface area contributed by atoms with Gasteiger partial charge < -0.3 is 5.32 Å². The van der Waals surface area contributed by atoms with Gasteiger partial charge in [0.2, 0.25) is 0 Å². The van der Waals surface area contributed by atoms with Gasteiger partial charge in [-0.3, -0.25) is 0 Å². The van der Waals surface area contributed by atoms with Crippen molar-refractivity contribution in [1.29, 1.82) is 0 Å². The molecule has 19 heavy (non-hydrogen) atoms. The Morgan fingerprint density at radius 2 is 1.89 bits per heavy atom. The van der Waals surface area contributed by atoms with Crippen LogP contribution in [0.25, 0.3) is 0 Å². The second-order valence-corrected chi connectivity index (χ2v) is 7.91. The Morgan fingerprint density at radius 3 is 2.53 bits per heavy atom. The van der Waals surface area contributed by atoms with Crippen molar-refractivity contribution >= 4 is 31.9 Å². The van der Waals surface area contributed by atoms with Gasteiger partial charge in [0.05, 0.1) is 0 Å². The molecule has 2 rings (SSSR count). The number of halogens is 2. The van der Waals surface area contributed by atoms with Gasteiger partial charge in [0.1, 0.15) is 0 Å². The van der Waals surface area contributed by atoms with Crippen LogP contribution in [0.5, 0.6) is 0 Å². The van der Waals surface area contributed by atoms with Crippen LogP contribution in [0.4, 0.5) is 0 Å². The Labute approximate surface area is 133 Å². The molecular weight excluding hydrogens is 366 g/mol. The molecule has 1 aliphatic rings. The van der Waals surface area contributed by atoms with Crippen LogP contribution in [0.3, 0.4) is 0 Å². The highest BCUT2D eigenvalue weighted by Crippen LogP contribution is 2.36. The minimum atomic E-state index is 0.390. The lowest BCUT2D eigenvalue weighted by Crippen LogP contribution is -2.35. The van der Waals surface area contributed by atoms with Crippen molar-refractivity contribution in [2.24, 2.45) is 5.41 Å². The number of nitrogens with one attached hydrogen (secondary N) is 1. The number of hydrogen-bond acceptors (Lipinski definition) is 1. The molecule has 0 spiro atoms. The first-order chi connectivity index (χ1) is 9.00. The monoisotopic (exact) mass is 387 g/mol. The molecular formula is C16H23Br2N. The maximum atomic E-state index is 3.72. The van der Waals surface area contributed by atoms with Crippen LogP contribution in [0.15, 0.2) is 27.1 Å². The summed E-state index contributed by atoms with van der Waals surface area (Å²) in [7, 11) is 0. The second-order valence-electron chi connectivity index (χ2n) is 6.14. The van der Waals surface area contributed by atoms with Crippen LogP contribution in [0.2, 0.25) is 0 Å². The largest absolute Gasteiger partial charge is 0.310 e. The molecule has 1 N–H and O–H groups in total. The first-order valence-electron chi connectivity index (χ1n) is 7.18. The Morgan fingerprint density at radius 1 is 1.21 bits per heavy atom. The molecule has 1 aromatic carbocycles. The van der Waals surface area contributed by atoms with Gasteiger partial charge in [-0.25, -0.2) is 0 Å². The quantitative estimate of drug-likeness (QED) is 0.683. The third-order valence-corrected chi connectivity index (χ3v) is 5.50. The molecule has 1 unspecified atom stereocenters. The average molecular weight is 389 g/mol. The molecule has 106 valence electrons. The van der Waals surface area contributed by atoms with Crippen LogP contribution >= 0.6 is 31.9 Å². The average Bonchev–Trinajstić information content (AvgIpc) is 2.37. The second kappa shape index (κ2) is 6.73. The molecule has 0 aliphatic heterocycles. The van der Waals surface area contributed by atoms with E-state index in [4.69, 9.17) is 0 Å². The minimum absolute atomic E-state index is 0.390. The van der Waals surface area contributed by atoms with E-state index in [1.807, 2.05) is 0 Å². The fraction of sp³-hybridized carbons (Fsp3) is 0.625. The first-order valence-corrected chi connectivity index (χ1v) is 8.77. The van der Waals surface area contributed by atoms with Gasteiger partial charge in [-0.05, 0) is 42.9 Å². The van der Waals surface area contributed by atoms with Gasteiger partial charge >= 0.3 is 0 Å². The van der Waals surface area contributed by atoms with Crippen molar-refractivity contribution in [3.05, 3.63) is 32.7 Å². The molecule has 0 aromatic heterocycles. The van der Waals surface area contributed by atoms with E-state index in [9.17, 15) is 0 Å². The van der Waals surface area contributed by atoms with Crippen molar-refractivity contribution in [2.75, 3.05) is 6.54 Å².